The molecular formula is C24H26N3S+. The fourth-order valence-corrected chi connectivity index (χ4v) is 4.41. The van der Waals surface area contributed by atoms with Crippen LogP contribution in [0.5, 0.6) is 0 Å². The summed E-state index contributed by atoms with van der Waals surface area (Å²) < 4.78 is 2.43. The van der Waals surface area contributed by atoms with Crippen molar-refractivity contribution in [2.45, 2.75) is 19.4 Å². The molecule has 0 aliphatic carbocycles. The van der Waals surface area contributed by atoms with Crippen LogP contribution in [0.15, 0.2) is 66.7 Å². The van der Waals surface area contributed by atoms with Crippen LogP contribution in [0, 0.1) is 0 Å². The molecule has 0 fully saturated rings. The maximum Gasteiger partial charge on any atom is 0.220 e. The standard InChI is InChI=1S/C24H25N3S/c1-28-14-6-5-13-27-23-16-19(26)10-12-21(23)20-11-9-18(25)15-22(20)24(27)17-7-3-2-4-8-17/h2-4,7-12,15-16,26H,5-6,13-14,25H2,1H3/p+1. The third-order valence-corrected chi connectivity index (χ3v) is 5.90. The molecule has 0 spiro atoms. The summed E-state index contributed by atoms with van der Waals surface area (Å²) in [6.07, 6.45) is 4.49. The second kappa shape index (κ2) is 8.11. The van der Waals surface area contributed by atoms with Crippen molar-refractivity contribution in [3.05, 3.63) is 66.7 Å². The van der Waals surface area contributed by atoms with Crippen LogP contribution in [0.4, 0.5) is 11.4 Å². The third kappa shape index (κ3) is 3.52. The van der Waals surface area contributed by atoms with E-state index in [4.69, 9.17) is 11.5 Å². The summed E-state index contributed by atoms with van der Waals surface area (Å²) in [4.78, 5) is 0. The summed E-state index contributed by atoms with van der Waals surface area (Å²) in [5.74, 6) is 1.18. The molecule has 142 valence electrons. The maximum atomic E-state index is 6.20. The highest BCUT2D eigenvalue weighted by molar-refractivity contribution is 7.98. The molecule has 28 heavy (non-hydrogen) atoms. The molecule has 0 radical (unpaired) electrons. The first-order valence-corrected chi connectivity index (χ1v) is 11.1. The zero-order valence-electron chi connectivity index (χ0n) is 16.2. The van der Waals surface area contributed by atoms with Gasteiger partial charge in [-0.1, -0.05) is 24.3 Å². The van der Waals surface area contributed by atoms with Gasteiger partial charge >= 0.3 is 0 Å². The number of fused-ring (bicyclic) bond motifs is 3. The van der Waals surface area contributed by atoms with Crippen LogP contribution < -0.4 is 16.0 Å². The summed E-state index contributed by atoms with van der Waals surface area (Å²) in [5, 5.41) is 3.62. The van der Waals surface area contributed by atoms with E-state index in [1.54, 1.807) is 0 Å². The van der Waals surface area contributed by atoms with Crippen LogP contribution in [0.2, 0.25) is 0 Å². The van der Waals surface area contributed by atoms with E-state index in [1.807, 2.05) is 23.9 Å². The van der Waals surface area contributed by atoms with Crippen molar-refractivity contribution >= 4 is 44.8 Å². The smallest absolute Gasteiger partial charge is 0.220 e. The molecular weight excluding hydrogens is 362 g/mol. The molecule has 0 atom stereocenters. The molecule has 4 aromatic rings. The number of hydrogen-bond acceptors (Lipinski definition) is 3. The van der Waals surface area contributed by atoms with Crippen molar-refractivity contribution in [1.29, 1.82) is 0 Å². The van der Waals surface area contributed by atoms with Gasteiger partial charge in [0.15, 0.2) is 0 Å². The van der Waals surface area contributed by atoms with Gasteiger partial charge in [-0.2, -0.15) is 16.3 Å². The van der Waals surface area contributed by atoms with Crippen LogP contribution in [-0.4, -0.2) is 12.0 Å². The van der Waals surface area contributed by atoms with Crippen LogP contribution >= 0.6 is 11.8 Å². The van der Waals surface area contributed by atoms with Gasteiger partial charge in [-0.3, -0.25) is 0 Å². The minimum Gasteiger partial charge on any atom is -0.399 e. The van der Waals surface area contributed by atoms with E-state index >= 15 is 0 Å². The average Bonchev–Trinajstić information content (AvgIpc) is 2.71. The van der Waals surface area contributed by atoms with Crippen molar-refractivity contribution < 1.29 is 4.57 Å². The fraction of sp³-hybridized carbons (Fsp3) is 0.208. The molecule has 1 aromatic heterocycles. The molecule has 1 heterocycles. The predicted molar refractivity (Wildman–Crippen MR) is 124 cm³/mol. The number of aryl methyl sites for hydroxylation is 1. The molecule has 4 heteroatoms. The summed E-state index contributed by atoms with van der Waals surface area (Å²) in [7, 11) is 0. The van der Waals surface area contributed by atoms with E-state index in [2.05, 4.69) is 65.4 Å². The lowest BCUT2D eigenvalue weighted by Gasteiger charge is -2.13. The Morgan fingerprint density at radius 3 is 2.25 bits per heavy atom. The van der Waals surface area contributed by atoms with Crippen molar-refractivity contribution in [2.24, 2.45) is 0 Å². The molecule has 0 amide bonds. The van der Waals surface area contributed by atoms with Gasteiger partial charge in [0.05, 0.1) is 10.8 Å². The zero-order chi connectivity index (χ0) is 19.5. The highest BCUT2D eigenvalue weighted by Crippen LogP contribution is 2.33. The Morgan fingerprint density at radius 1 is 0.786 bits per heavy atom. The normalized spacial score (nSPS) is 11.3. The highest BCUT2D eigenvalue weighted by atomic mass is 32.2. The number of benzene rings is 3. The average molecular weight is 389 g/mol. The van der Waals surface area contributed by atoms with Gasteiger partial charge < -0.3 is 11.5 Å². The molecule has 0 bridgehead atoms. The number of aromatic nitrogens is 1. The number of nitrogens with zero attached hydrogens (tertiary/aromatic N) is 1. The van der Waals surface area contributed by atoms with Crippen LogP contribution in [-0.2, 0) is 6.54 Å². The molecule has 0 aliphatic heterocycles. The Bertz CT molecular complexity index is 1120. The molecule has 3 nitrogen and oxygen atoms in total. The molecule has 0 aliphatic rings. The van der Waals surface area contributed by atoms with Crippen molar-refractivity contribution in [1.82, 2.24) is 0 Å². The highest BCUT2D eigenvalue weighted by Gasteiger charge is 2.23. The lowest BCUT2D eigenvalue weighted by Crippen LogP contribution is -2.38. The number of nitrogen functional groups attached to an aromatic ring is 2. The van der Waals surface area contributed by atoms with Gasteiger partial charge in [-0.15, -0.1) is 0 Å². The number of unbranched alkanes of at least 4 members (excludes halogenated alkanes) is 1. The summed E-state index contributed by atoms with van der Waals surface area (Å²) >= 11 is 1.90. The Kier molecular flexibility index (Phi) is 5.40. The van der Waals surface area contributed by atoms with Gasteiger partial charge in [-0.25, -0.2) is 0 Å². The number of rotatable bonds is 6. The maximum absolute atomic E-state index is 6.20. The van der Waals surface area contributed by atoms with Gasteiger partial charge in [0.2, 0.25) is 11.2 Å². The van der Waals surface area contributed by atoms with Crippen LogP contribution in [0.3, 0.4) is 0 Å². The molecule has 4 rings (SSSR count). The topological polar surface area (TPSA) is 55.9 Å². The van der Waals surface area contributed by atoms with Crippen LogP contribution in [0.1, 0.15) is 12.8 Å². The first kappa shape index (κ1) is 18.6. The lowest BCUT2D eigenvalue weighted by molar-refractivity contribution is -0.659. The number of thioether (sulfide) groups is 1. The van der Waals surface area contributed by atoms with Gasteiger partial charge in [0.25, 0.3) is 0 Å². The molecule has 3 aromatic carbocycles. The van der Waals surface area contributed by atoms with Gasteiger partial charge in [0.1, 0.15) is 6.54 Å². The predicted octanol–water partition coefficient (Wildman–Crippen LogP) is 5.26. The van der Waals surface area contributed by atoms with Gasteiger partial charge in [0, 0.05) is 34.8 Å². The second-order valence-corrected chi connectivity index (χ2v) is 8.13. The first-order chi connectivity index (χ1) is 13.7. The Labute approximate surface area is 170 Å². The van der Waals surface area contributed by atoms with Crippen molar-refractivity contribution in [2.75, 3.05) is 23.5 Å². The molecule has 0 saturated carbocycles. The molecule has 4 N–H and O–H groups in total. The Hall–Kier alpha value is -2.72. The third-order valence-electron chi connectivity index (χ3n) is 5.20. The zero-order valence-corrected chi connectivity index (χ0v) is 17.0. The SMILES string of the molecule is CSCCCC[n+]1c(-c2ccccc2)c2cc(N)ccc2c2ccc(N)cc21. The minimum absolute atomic E-state index is 0.786. The van der Waals surface area contributed by atoms with Crippen molar-refractivity contribution in [3.8, 4) is 11.3 Å². The van der Waals surface area contributed by atoms with Gasteiger partial charge in [-0.05, 0) is 54.8 Å². The summed E-state index contributed by atoms with van der Waals surface area (Å²) in [6, 6.07) is 23.0. The number of anilines is 2. The Morgan fingerprint density at radius 2 is 1.50 bits per heavy atom. The van der Waals surface area contributed by atoms with Crippen LogP contribution in [0.25, 0.3) is 32.9 Å². The number of pyridine rings is 1. The van der Waals surface area contributed by atoms with E-state index < -0.39 is 0 Å². The Balaban J connectivity index is 2.06. The molecule has 0 saturated heterocycles. The lowest BCUT2D eigenvalue weighted by atomic mass is 9.98. The number of hydrogen-bond donors (Lipinski definition) is 2. The minimum atomic E-state index is 0.786. The van der Waals surface area contributed by atoms with E-state index in [0.717, 1.165) is 24.3 Å². The largest absolute Gasteiger partial charge is 0.399 e. The molecule has 0 unspecified atom stereocenters. The first-order valence-electron chi connectivity index (χ1n) is 9.67. The number of nitrogens with two attached hydrogens (primary N) is 2. The summed E-state index contributed by atoms with van der Waals surface area (Å²) in [6.45, 7) is 0.954. The summed E-state index contributed by atoms with van der Waals surface area (Å²) in [5.41, 5.74) is 17.6. The van der Waals surface area contributed by atoms with E-state index in [-0.39, 0.29) is 0 Å². The second-order valence-electron chi connectivity index (χ2n) is 7.15. The quantitative estimate of drug-likeness (QED) is 0.205. The van der Waals surface area contributed by atoms with Crippen molar-refractivity contribution in [3.63, 3.8) is 0 Å². The van der Waals surface area contributed by atoms with E-state index in [1.165, 1.54) is 45.1 Å². The fourth-order valence-electron chi connectivity index (χ4n) is 3.91. The van der Waals surface area contributed by atoms with E-state index in [0.29, 0.717) is 0 Å². The van der Waals surface area contributed by atoms with E-state index in [9.17, 15) is 0 Å². The monoisotopic (exact) mass is 388 g/mol.